The van der Waals surface area contributed by atoms with Gasteiger partial charge >= 0.3 is 0 Å². The van der Waals surface area contributed by atoms with Gasteiger partial charge in [0, 0.05) is 18.8 Å². The van der Waals surface area contributed by atoms with E-state index >= 15 is 0 Å². The van der Waals surface area contributed by atoms with E-state index in [1.54, 1.807) is 0 Å². The molecule has 0 aliphatic carbocycles. The lowest BCUT2D eigenvalue weighted by Gasteiger charge is -2.20. The van der Waals surface area contributed by atoms with Gasteiger partial charge in [0.05, 0.1) is 11.4 Å². The van der Waals surface area contributed by atoms with Gasteiger partial charge in [-0.15, -0.1) is 0 Å². The summed E-state index contributed by atoms with van der Waals surface area (Å²) in [6, 6.07) is 16.2. The SMILES string of the molecule is CCN(CC)c1ccc(N=Nc2cccc(C)c2)cc1. The first-order chi connectivity index (χ1) is 9.72. The summed E-state index contributed by atoms with van der Waals surface area (Å²) in [5, 5.41) is 8.54. The first-order valence-electron chi connectivity index (χ1n) is 7.06. The highest BCUT2D eigenvalue weighted by Crippen LogP contribution is 2.22. The summed E-state index contributed by atoms with van der Waals surface area (Å²) < 4.78 is 0. The molecule has 0 unspecified atom stereocenters. The molecule has 0 aliphatic heterocycles. The molecule has 0 spiro atoms. The molecule has 2 aromatic carbocycles. The lowest BCUT2D eigenvalue weighted by atomic mass is 10.2. The van der Waals surface area contributed by atoms with Crippen LogP contribution in [0, 0.1) is 6.92 Å². The number of hydrogen-bond donors (Lipinski definition) is 0. The van der Waals surface area contributed by atoms with Gasteiger partial charge in [-0.1, -0.05) is 12.1 Å². The van der Waals surface area contributed by atoms with Crippen LogP contribution in [0.2, 0.25) is 0 Å². The molecule has 0 fully saturated rings. The van der Waals surface area contributed by atoms with Crippen molar-refractivity contribution in [1.29, 1.82) is 0 Å². The van der Waals surface area contributed by atoms with Gasteiger partial charge in [0.15, 0.2) is 0 Å². The fraction of sp³-hybridized carbons (Fsp3) is 0.294. The van der Waals surface area contributed by atoms with E-state index in [1.165, 1.54) is 11.3 Å². The maximum atomic E-state index is 4.28. The Morgan fingerprint density at radius 2 is 1.50 bits per heavy atom. The highest BCUT2D eigenvalue weighted by atomic mass is 15.1. The Balaban J connectivity index is 2.11. The minimum absolute atomic E-state index is 0.877. The summed E-state index contributed by atoms with van der Waals surface area (Å²) in [4.78, 5) is 2.31. The van der Waals surface area contributed by atoms with Crippen molar-refractivity contribution in [1.82, 2.24) is 0 Å². The van der Waals surface area contributed by atoms with Gasteiger partial charge in [-0.05, 0) is 62.7 Å². The first-order valence-corrected chi connectivity index (χ1v) is 7.06. The maximum Gasteiger partial charge on any atom is 0.0859 e. The smallest absolute Gasteiger partial charge is 0.0859 e. The van der Waals surface area contributed by atoms with Crippen molar-refractivity contribution in [2.75, 3.05) is 18.0 Å². The predicted molar refractivity (Wildman–Crippen MR) is 85.4 cm³/mol. The van der Waals surface area contributed by atoms with Gasteiger partial charge in [-0.2, -0.15) is 10.2 Å². The Hall–Kier alpha value is -2.16. The summed E-state index contributed by atoms with van der Waals surface area (Å²) >= 11 is 0. The molecule has 0 bridgehead atoms. The quantitative estimate of drug-likeness (QED) is 0.679. The van der Waals surface area contributed by atoms with E-state index < -0.39 is 0 Å². The zero-order chi connectivity index (χ0) is 14.4. The van der Waals surface area contributed by atoms with Crippen molar-refractivity contribution < 1.29 is 0 Å². The average Bonchev–Trinajstić information content (AvgIpc) is 2.48. The Labute approximate surface area is 121 Å². The number of aryl methyl sites for hydroxylation is 1. The van der Waals surface area contributed by atoms with Crippen molar-refractivity contribution in [2.45, 2.75) is 20.8 Å². The number of hydrogen-bond acceptors (Lipinski definition) is 3. The average molecular weight is 267 g/mol. The van der Waals surface area contributed by atoms with E-state index in [2.05, 4.69) is 54.1 Å². The van der Waals surface area contributed by atoms with Crippen LogP contribution in [0.1, 0.15) is 19.4 Å². The number of benzene rings is 2. The molecular formula is C17H21N3. The minimum atomic E-state index is 0.877. The topological polar surface area (TPSA) is 28.0 Å². The zero-order valence-corrected chi connectivity index (χ0v) is 12.4. The second kappa shape index (κ2) is 6.85. The molecule has 2 aromatic rings. The third-order valence-electron chi connectivity index (χ3n) is 3.26. The summed E-state index contributed by atoms with van der Waals surface area (Å²) in [6.07, 6.45) is 0. The Bertz CT molecular complexity index is 569. The van der Waals surface area contributed by atoms with Crippen molar-refractivity contribution in [2.24, 2.45) is 10.2 Å². The van der Waals surface area contributed by atoms with Crippen LogP contribution in [0.15, 0.2) is 58.8 Å². The summed E-state index contributed by atoms with van der Waals surface area (Å²) in [6.45, 7) is 8.41. The number of rotatable bonds is 5. The van der Waals surface area contributed by atoms with Crippen LogP contribution in [0.3, 0.4) is 0 Å². The van der Waals surface area contributed by atoms with Crippen molar-refractivity contribution in [3.63, 3.8) is 0 Å². The van der Waals surface area contributed by atoms with Gasteiger partial charge in [0.25, 0.3) is 0 Å². The van der Waals surface area contributed by atoms with Crippen LogP contribution < -0.4 is 4.90 Å². The summed E-state index contributed by atoms with van der Waals surface area (Å²) in [5.74, 6) is 0. The highest BCUT2D eigenvalue weighted by molar-refractivity contribution is 5.52. The molecule has 104 valence electrons. The van der Waals surface area contributed by atoms with Gasteiger partial charge in [-0.3, -0.25) is 0 Å². The Kier molecular flexibility index (Phi) is 4.88. The second-order valence-electron chi connectivity index (χ2n) is 4.73. The van der Waals surface area contributed by atoms with Crippen LogP contribution in [0.25, 0.3) is 0 Å². The van der Waals surface area contributed by atoms with E-state index in [-0.39, 0.29) is 0 Å². The first kappa shape index (κ1) is 14.3. The normalized spacial score (nSPS) is 10.9. The molecular weight excluding hydrogens is 246 g/mol. The van der Waals surface area contributed by atoms with E-state index in [0.29, 0.717) is 0 Å². The fourth-order valence-electron chi connectivity index (χ4n) is 2.12. The molecule has 3 heteroatoms. The molecule has 20 heavy (non-hydrogen) atoms. The molecule has 0 aromatic heterocycles. The summed E-state index contributed by atoms with van der Waals surface area (Å²) in [7, 11) is 0. The second-order valence-corrected chi connectivity index (χ2v) is 4.73. The van der Waals surface area contributed by atoms with Crippen molar-refractivity contribution >= 4 is 17.1 Å². The Morgan fingerprint density at radius 3 is 2.10 bits per heavy atom. The molecule has 0 atom stereocenters. The van der Waals surface area contributed by atoms with Gasteiger partial charge in [-0.25, -0.2) is 0 Å². The standard InChI is InChI=1S/C17H21N3/c1-4-20(5-2)17-11-9-15(10-12-17)18-19-16-8-6-7-14(3)13-16/h6-13H,4-5H2,1-3H3. The van der Waals surface area contributed by atoms with E-state index in [4.69, 9.17) is 0 Å². The lowest BCUT2D eigenvalue weighted by molar-refractivity contribution is 0.866. The van der Waals surface area contributed by atoms with Crippen LogP contribution in [-0.2, 0) is 0 Å². The van der Waals surface area contributed by atoms with E-state index in [9.17, 15) is 0 Å². The molecule has 0 saturated heterocycles. The van der Waals surface area contributed by atoms with E-state index in [1.807, 2.05) is 30.3 Å². The molecule has 3 nitrogen and oxygen atoms in total. The van der Waals surface area contributed by atoms with Crippen LogP contribution >= 0.6 is 0 Å². The fourth-order valence-corrected chi connectivity index (χ4v) is 2.12. The minimum Gasteiger partial charge on any atom is -0.372 e. The number of nitrogens with zero attached hydrogens (tertiary/aromatic N) is 3. The molecule has 0 radical (unpaired) electrons. The van der Waals surface area contributed by atoms with Crippen LogP contribution in [0.4, 0.5) is 17.1 Å². The number of anilines is 1. The van der Waals surface area contributed by atoms with Gasteiger partial charge in [0.1, 0.15) is 0 Å². The molecule has 0 N–H and O–H groups in total. The molecule has 2 rings (SSSR count). The third kappa shape index (κ3) is 3.67. The Morgan fingerprint density at radius 1 is 0.850 bits per heavy atom. The monoisotopic (exact) mass is 267 g/mol. The van der Waals surface area contributed by atoms with Gasteiger partial charge < -0.3 is 4.90 Å². The summed E-state index contributed by atoms with van der Waals surface area (Å²) in [5.41, 5.74) is 4.18. The van der Waals surface area contributed by atoms with Crippen LogP contribution in [-0.4, -0.2) is 13.1 Å². The third-order valence-corrected chi connectivity index (χ3v) is 3.26. The van der Waals surface area contributed by atoms with Crippen molar-refractivity contribution in [3.8, 4) is 0 Å². The number of azo groups is 1. The predicted octanol–water partition coefficient (Wildman–Crippen LogP) is 5.26. The zero-order valence-electron chi connectivity index (χ0n) is 12.4. The molecule has 0 heterocycles. The lowest BCUT2D eigenvalue weighted by Crippen LogP contribution is -2.21. The highest BCUT2D eigenvalue weighted by Gasteiger charge is 2.00. The maximum absolute atomic E-state index is 4.28. The molecule has 0 saturated carbocycles. The molecule has 0 aliphatic rings. The van der Waals surface area contributed by atoms with Crippen LogP contribution in [0.5, 0.6) is 0 Å². The van der Waals surface area contributed by atoms with Crippen molar-refractivity contribution in [3.05, 3.63) is 54.1 Å². The van der Waals surface area contributed by atoms with Gasteiger partial charge in [0.2, 0.25) is 0 Å². The van der Waals surface area contributed by atoms with E-state index in [0.717, 1.165) is 24.5 Å². The largest absolute Gasteiger partial charge is 0.372 e. The molecule has 0 amide bonds.